The van der Waals surface area contributed by atoms with Gasteiger partial charge in [-0.1, -0.05) is 58.3 Å². The van der Waals surface area contributed by atoms with E-state index in [1.54, 1.807) is 0 Å². The number of halogens is 2. The first-order valence-corrected chi connectivity index (χ1v) is 29.2. The predicted octanol–water partition coefficient (Wildman–Crippen LogP) is -11.5. The number of nitrogens with zero attached hydrogens (tertiary/aromatic N) is 10. The van der Waals surface area contributed by atoms with Crippen LogP contribution in [0.15, 0.2) is 147 Å². The number of phenols is 1. The van der Waals surface area contributed by atoms with E-state index in [-0.39, 0.29) is 268 Å². The van der Waals surface area contributed by atoms with Gasteiger partial charge in [0.2, 0.25) is 22.5 Å². The second-order valence-corrected chi connectivity index (χ2v) is 23.2. The van der Waals surface area contributed by atoms with Crippen LogP contribution < -0.4 is 194 Å². The van der Waals surface area contributed by atoms with Crippen molar-refractivity contribution >= 4 is 148 Å². The zero-order valence-electron chi connectivity index (χ0n) is 45.8. The van der Waals surface area contributed by atoms with Gasteiger partial charge < -0.3 is 76.8 Å². The van der Waals surface area contributed by atoms with E-state index in [9.17, 15) is 69.3 Å². The largest absolute Gasteiger partial charge is 1.00 e. The van der Waals surface area contributed by atoms with Gasteiger partial charge >= 0.3 is 177 Å². The zero-order valence-corrected chi connectivity index (χ0v) is 64.2. The number of aromatic hydroxyl groups is 1. The average Bonchev–Trinajstić information content (AvgIpc) is 0.833. The third kappa shape index (κ3) is 22.6. The van der Waals surface area contributed by atoms with Gasteiger partial charge in [0.25, 0.3) is 0 Å². The standard InChI is InChI=1S/C42H28Cl2N13O16S6.6Na.3H2O/c43-39-48-32(50-42(53-39)47-23-4-2-6-25(18-23)77(65,66)67)13-19-7-9-26(28(11-19)75(61)62)54-57-37-31(79(71,72)73)16-21-15-29(76(63)64)36(38(58)34(21)35(37)45)56-55-27-10-8-20(12-30(27)78(68,69)70)14-33-49-40(44)52-41(51-33)46-22-3-1-5-24(17-22)74(59)60;;;;;;;;;/h1-12,15-18,58H,13-14,45H2,(H,65,66,67)(H,68,69,70)(H,71,72,73)(H,46,49,51,52)(H,47,48,50,53);;;;;;;3*1H2/q-3;6*+1;;;/p-6. The van der Waals surface area contributed by atoms with Crippen LogP contribution in [0.5, 0.6) is 5.75 Å². The summed E-state index contributed by atoms with van der Waals surface area (Å²) in [5.74, 6) is -1.63. The van der Waals surface area contributed by atoms with E-state index in [1.807, 2.05) is 0 Å². The fraction of sp³-hybridized carbons (Fsp3) is 0.0476. The Hall–Kier alpha value is -1.96. The molecular weight excluding hydrogens is 1390 g/mol. The Bertz CT molecular complexity index is 4550. The van der Waals surface area contributed by atoms with Crippen molar-refractivity contribution in [3.05, 3.63) is 130 Å². The molecule has 8 N–H and O–H groups in total. The number of hydrogen-bond donors (Lipinski definition) is 4. The third-order valence-corrected chi connectivity index (χ3v) is 15.4. The number of benzene rings is 6. The second kappa shape index (κ2) is 37.2. The molecule has 32 nitrogen and oxygen atoms in total. The van der Waals surface area contributed by atoms with E-state index >= 15 is 0 Å². The molecule has 46 heteroatoms. The average molecular weight is 1420 g/mol. The maximum Gasteiger partial charge on any atom is 1.00 e. The van der Waals surface area contributed by atoms with Crippen molar-refractivity contribution in [1.82, 2.24) is 29.9 Å². The molecule has 0 unspecified atom stereocenters. The van der Waals surface area contributed by atoms with Gasteiger partial charge in [-0.3, -0.25) is 0 Å². The van der Waals surface area contributed by atoms with Gasteiger partial charge in [0.1, 0.15) is 59.1 Å². The van der Waals surface area contributed by atoms with E-state index in [0.717, 1.165) is 36.4 Å². The topological polar surface area (TPSA) is 561 Å². The molecule has 8 aromatic rings. The Morgan fingerprint density at radius 2 is 0.989 bits per heavy atom. The minimum Gasteiger partial charge on any atom is -0.870 e. The second-order valence-electron chi connectivity index (χ2n) is 15.7. The van der Waals surface area contributed by atoms with Crippen LogP contribution in [-0.4, -0.2) is 90.4 Å². The molecule has 88 heavy (non-hydrogen) atoms. The number of hydrogen-bond acceptors (Lipinski definition) is 35. The third-order valence-electron chi connectivity index (χ3n) is 10.5. The van der Waals surface area contributed by atoms with Crippen molar-refractivity contribution in [2.45, 2.75) is 42.2 Å². The summed E-state index contributed by atoms with van der Waals surface area (Å²) in [6.45, 7) is 0. The molecule has 0 amide bonds. The van der Waals surface area contributed by atoms with Crippen LogP contribution in [0.3, 0.4) is 0 Å². The summed E-state index contributed by atoms with van der Waals surface area (Å²) < 4.78 is 183. The van der Waals surface area contributed by atoms with Gasteiger partial charge in [0.05, 0.1) is 31.4 Å². The van der Waals surface area contributed by atoms with Crippen LogP contribution in [0.4, 0.5) is 51.7 Å². The molecule has 0 fully saturated rings. The molecule has 434 valence electrons. The van der Waals surface area contributed by atoms with Gasteiger partial charge in [-0.05, 0) is 125 Å². The van der Waals surface area contributed by atoms with E-state index in [0.29, 0.717) is 12.1 Å². The Kier molecular flexibility index (Phi) is 37.3. The molecule has 0 saturated heterocycles. The summed E-state index contributed by atoms with van der Waals surface area (Å²) in [5, 5.41) is 30.3. The number of fused-ring (bicyclic) bond motifs is 1. The van der Waals surface area contributed by atoms with Crippen molar-refractivity contribution in [2.75, 3.05) is 16.4 Å². The zero-order chi connectivity index (χ0) is 57.3. The Labute approximate surface area is 646 Å². The number of azo groups is 2. The van der Waals surface area contributed by atoms with Crippen LogP contribution in [-0.2, 0) is 101 Å². The first-order chi connectivity index (χ1) is 37.1. The molecule has 2 aromatic heterocycles. The summed E-state index contributed by atoms with van der Waals surface area (Å²) in [6.07, 6.45) is -0.529. The summed E-state index contributed by atoms with van der Waals surface area (Å²) in [6, 6.07) is 18.2. The molecule has 0 aliphatic heterocycles. The smallest absolute Gasteiger partial charge is 0.870 e. The van der Waals surface area contributed by atoms with Crippen LogP contribution in [0.1, 0.15) is 22.8 Å². The summed E-state index contributed by atoms with van der Waals surface area (Å²) >= 11 is 12.2. The minimum atomic E-state index is -5.61. The minimum absolute atomic E-state index is 0. The summed E-state index contributed by atoms with van der Waals surface area (Å²) in [5.41, 5.74) is 2.96. The van der Waals surface area contributed by atoms with Crippen molar-refractivity contribution in [2.24, 2.45) is 20.5 Å². The number of nitrogen functional groups attached to an aromatic ring is 1. The maximum atomic E-state index is 12.6. The molecule has 0 aliphatic rings. The normalized spacial score (nSPS) is 11.1. The van der Waals surface area contributed by atoms with Crippen LogP contribution in [0, 0.1) is 0 Å². The van der Waals surface area contributed by atoms with Crippen molar-refractivity contribution in [3.63, 3.8) is 0 Å². The van der Waals surface area contributed by atoms with E-state index in [1.165, 1.54) is 48.5 Å². The molecule has 0 bridgehead atoms. The Morgan fingerprint density at radius 1 is 0.511 bits per heavy atom. The molecule has 0 radical (unpaired) electrons. The molecule has 2 heterocycles. The van der Waals surface area contributed by atoms with Gasteiger partial charge in [0, 0.05) is 24.2 Å². The van der Waals surface area contributed by atoms with Gasteiger partial charge in [-0.15, -0.1) is 15.3 Å². The number of nitrogens with one attached hydrogen (secondary N) is 2. The van der Waals surface area contributed by atoms with Gasteiger partial charge in [-0.25, -0.2) is 35.2 Å². The molecule has 0 aliphatic carbocycles. The van der Waals surface area contributed by atoms with Crippen molar-refractivity contribution < 1.29 is 263 Å². The molecule has 0 atom stereocenters. The molecule has 8 rings (SSSR count). The SMILES string of the molecule is Nc1c(N=Nc2ccc(Cc3nc(Cl)nc(Nc4cccc(S(=O)(=O)[O-])c4)n3)cc2[S-](=O)=O)c(S(=O)(=O)[O-])cc2cc([S-](=O)=O)c(N=Nc3ccc(Cc4nc(Cl)nc(Nc5cccc([S-](=O)=O)c5)n4)cc3S(=O)(=O)[O-])c(O)c12.[Na+].[Na+].[Na+].[Na+].[Na+].[Na+].[OH-].[OH-].[OH-]. The Morgan fingerprint density at radius 3 is 1.49 bits per heavy atom. The fourth-order valence-corrected chi connectivity index (χ4v) is 10.8. The van der Waals surface area contributed by atoms with Crippen molar-refractivity contribution in [1.29, 1.82) is 0 Å². The number of anilines is 5. The molecule has 0 saturated carbocycles. The first-order valence-electron chi connectivity index (χ1n) is 21.0. The quantitative estimate of drug-likeness (QED) is 0.0204. The summed E-state index contributed by atoms with van der Waals surface area (Å²) in [4.78, 5) is 19.9. The summed E-state index contributed by atoms with van der Waals surface area (Å²) in [7, 11) is -24.9. The number of rotatable bonds is 18. The van der Waals surface area contributed by atoms with E-state index < -0.39 is 132 Å². The Balaban J connectivity index is 0. The van der Waals surface area contributed by atoms with Crippen molar-refractivity contribution in [3.8, 4) is 5.75 Å². The predicted molar refractivity (Wildman–Crippen MR) is 277 cm³/mol. The first kappa shape index (κ1) is 88.1. The molecule has 6 aromatic carbocycles. The van der Waals surface area contributed by atoms with E-state index in [4.69, 9.17) is 28.9 Å². The maximum absolute atomic E-state index is 12.6. The number of nitrogens with two attached hydrogens (primary N) is 1. The van der Waals surface area contributed by atoms with Crippen LogP contribution in [0.25, 0.3) is 10.8 Å². The molecule has 0 spiro atoms. The number of phenolic OH excluding ortho intramolecular Hbond substituents is 1. The van der Waals surface area contributed by atoms with Gasteiger partial charge in [0.15, 0.2) is 5.75 Å². The van der Waals surface area contributed by atoms with Crippen LogP contribution in [0.2, 0.25) is 10.6 Å². The monoisotopic (exact) mass is 1420 g/mol. The number of aromatic nitrogens is 6. The van der Waals surface area contributed by atoms with Gasteiger partial charge in [-0.2, -0.15) is 25.1 Å². The van der Waals surface area contributed by atoms with Crippen LogP contribution >= 0.6 is 23.2 Å². The fourth-order valence-electron chi connectivity index (χ4n) is 7.15. The van der Waals surface area contributed by atoms with E-state index in [2.05, 4.69) is 61.0 Å². The molecular formula is C42H28Cl2N13Na6O19S6-3.